The van der Waals surface area contributed by atoms with Gasteiger partial charge in [-0.05, 0) is 17.5 Å². The van der Waals surface area contributed by atoms with Crippen molar-refractivity contribution in [1.82, 2.24) is 15.1 Å². The molecular weight excluding hydrogens is 318 g/mol. The van der Waals surface area contributed by atoms with Crippen LogP contribution in [0.5, 0.6) is 0 Å². The van der Waals surface area contributed by atoms with E-state index in [0.717, 1.165) is 19.5 Å². The van der Waals surface area contributed by atoms with Gasteiger partial charge in [0.05, 0.1) is 13.2 Å². The average molecular weight is 345 g/mol. The number of amides is 2. The van der Waals surface area contributed by atoms with E-state index < -0.39 is 0 Å². The minimum Gasteiger partial charge on any atom is -0.383 e. The highest BCUT2D eigenvalue weighted by atomic mass is 16.5. The Balaban J connectivity index is 1.40. The van der Waals surface area contributed by atoms with Crippen LogP contribution in [0, 0.1) is 5.92 Å². The van der Waals surface area contributed by atoms with Crippen LogP contribution in [0.15, 0.2) is 24.3 Å². The summed E-state index contributed by atoms with van der Waals surface area (Å²) in [4.78, 5) is 28.2. The molecule has 1 saturated heterocycles. The van der Waals surface area contributed by atoms with E-state index in [4.69, 9.17) is 4.74 Å². The standard InChI is InChI=1S/C19H27N3O3/c1-25-9-8-22-12-15(10-19(22)24)11-20-18(23)14-21-7-6-16-4-2-3-5-17(16)13-21/h2-5,15H,6-14H2,1H3,(H,20,23). The molecule has 1 N–H and O–H groups in total. The summed E-state index contributed by atoms with van der Waals surface area (Å²) in [7, 11) is 1.64. The summed E-state index contributed by atoms with van der Waals surface area (Å²) in [6, 6.07) is 8.42. The molecule has 136 valence electrons. The number of carbonyl (C=O) groups excluding carboxylic acids is 2. The van der Waals surface area contributed by atoms with E-state index in [0.29, 0.717) is 39.2 Å². The highest BCUT2D eigenvalue weighted by Crippen LogP contribution is 2.18. The maximum absolute atomic E-state index is 12.2. The molecule has 0 saturated carbocycles. The summed E-state index contributed by atoms with van der Waals surface area (Å²) in [6.45, 7) is 4.63. The second-order valence-corrected chi connectivity index (χ2v) is 6.94. The van der Waals surface area contributed by atoms with Crippen LogP contribution in [0.4, 0.5) is 0 Å². The van der Waals surface area contributed by atoms with Crippen molar-refractivity contribution in [3.63, 3.8) is 0 Å². The third kappa shape index (κ3) is 4.80. The summed E-state index contributed by atoms with van der Waals surface area (Å²) >= 11 is 0. The van der Waals surface area contributed by atoms with Gasteiger partial charge in [0.2, 0.25) is 11.8 Å². The molecule has 1 aromatic carbocycles. The number of carbonyl (C=O) groups is 2. The van der Waals surface area contributed by atoms with Crippen molar-refractivity contribution in [3.8, 4) is 0 Å². The van der Waals surface area contributed by atoms with Gasteiger partial charge in [0, 0.05) is 52.2 Å². The quantitative estimate of drug-likeness (QED) is 0.788. The number of rotatable bonds is 7. The SMILES string of the molecule is COCCN1CC(CNC(=O)CN2CCc3ccccc3C2)CC1=O. The monoisotopic (exact) mass is 345 g/mol. The van der Waals surface area contributed by atoms with Gasteiger partial charge in [-0.1, -0.05) is 24.3 Å². The van der Waals surface area contributed by atoms with E-state index >= 15 is 0 Å². The summed E-state index contributed by atoms with van der Waals surface area (Å²) in [5.74, 6) is 0.404. The number of ether oxygens (including phenoxy) is 1. The van der Waals surface area contributed by atoms with Crippen molar-refractivity contribution in [3.05, 3.63) is 35.4 Å². The first-order valence-corrected chi connectivity index (χ1v) is 8.98. The molecule has 1 fully saturated rings. The zero-order valence-electron chi connectivity index (χ0n) is 14.9. The summed E-state index contributed by atoms with van der Waals surface area (Å²) < 4.78 is 5.03. The number of methoxy groups -OCH3 is 1. The van der Waals surface area contributed by atoms with E-state index in [-0.39, 0.29) is 17.7 Å². The topological polar surface area (TPSA) is 61.9 Å². The number of nitrogens with zero attached hydrogens (tertiary/aromatic N) is 2. The molecule has 1 aromatic rings. The molecule has 3 rings (SSSR count). The van der Waals surface area contributed by atoms with Crippen LogP contribution >= 0.6 is 0 Å². The number of benzene rings is 1. The Hall–Kier alpha value is -1.92. The largest absolute Gasteiger partial charge is 0.383 e. The molecule has 1 atom stereocenters. The van der Waals surface area contributed by atoms with Crippen LogP contribution in [-0.4, -0.2) is 68.1 Å². The van der Waals surface area contributed by atoms with Gasteiger partial charge in [-0.3, -0.25) is 14.5 Å². The van der Waals surface area contributed by atoms with E-state index in [1.54, 1.807) is 7.11 Å². The van der Waals surface area contributed by atoms with Gasteiger partial charge in [-0.2, -0.15) is 0 Å². The fraction of sp³-hybridized carbons (Fsp3) is 0.579. The molecule has 0 aromatic heterocycles. The minimum absolute atomic E-state index is 0.0437. The predicted molar refractivity (Wildman–Crippen MR) is 95.0 cm³/mol. The van der Waals surface area contributed by atoms with Crippen molar-refractivity contribution in [2.24, 2.45) is 5.92 Å². The van der Waals surface area contributed by atoms with E-state index in [1.165, 1.54) is 11.1 Å². The molecule has 0 bridgehead atoms. The summed E-state index contributed by atoms with van der Waals surface area (Å²) in [6.07, 6.45) is 1.51. The Labute approximate surface area is 149 Å². The smallest absolute Gasteiger partial charge is 0.234 e. The van der Waals surface area contributed by atoms with E-state index in [1.807, 2.05) is 4.90 Å². The maximum atomic E-state index is 12.2. The third-order valence-corrected chi connectivity index (χ3v) is 5.02. The molecule has 0 spiro atoms. The molecule has 1 unspecified atom stereocenters. The van der Waals surface area contributed by atoms with Crippen molar-refractivity contribution in [2.45, 2.75) is 19.4 Å². The molecule has 0 radical (unpaired) electrons. The van der Waals surface area contributed by atoms with Gasteiger partial charge >= 0.3 is 0 Å². The Bertz CT molecular complexity index is 620. The Kier molecular flexibility index (Phi) is 6.04. The normalized spacial score (nSPS) is 20.6. The van der Waals surface area contributed by atoms with Crippen LogP contribution < -0.4 is 5.32 Å². The predicted octanol–water partition coefficient (Wildman–Crippen LogP) is 0.656. The molecule has 6 nitrogen and oxygen atoms in total. The highest BCUT2D eigenvalue weighted by Gasteiger charge is 2.29. The van der Waals surface area contributed by atoms with Gasteiger partial charge in [0.1, 0.15) is 0 Å². The first kappa shape index (κ1) is 17.9. The fourth-order valence-electron chi connectivity index (χ4n) is 3.61. The molecule has 2 heterocycles. The lowest BCUT2D eigenvalue weighted by molar-refractivity contribution is -0.128. The van der Waals surface area contributed by atoms with Crippen LogP contribution in [0.25, 0.3) is 0 Å². The minimum atomic E-state index is 0.0437. The maximum Gasteiger partial charge on any atom is 0.234 e. The number of hydrogen-bond acceptors (Lipinski definition) is 4. The Morgan fingerprint density at radius 2 is 2.12 bits per heavy atom. The lowest BCUT2D eigenvalue weighted by Crippen LogP contribution is -2.41. The molecule has 2 aliphatic rings. The van der Waals surface area contributed by atoms with Crippen molar-refractivity contribution in [2.75, 3.05) is 46.4 Å². The van der Waals surface area contributed by atoms with Crippen LogP contribution in [0.2, 0.25) is 0 Å². The zero-order valence-corrected chi connectivity index (χ0v) is 14.9. The molecule has 2 aliphatic heterocycles. The Morgan fingerprint density at radius 3 is 2.92 bits per heavy atom. The van der Waals surface area contributed by atoms with Gasteiger partial charge in [0.15, 0.2) is 0 Å². The Morgan fingerprint density at radius 1 is 1.32 bits per heavy atom. The van der Waals surface area contributed by atoms with Crippen LogP contribution in [0.3, 0.4) is 0 Å². The molecular formula is C19H27N3O3. The number of likely N-dealkylation sites (tertiary alicyclic amines) is 1. The van der Waals surface area contributed by atoms with Gasteiger partial charge in [0.25, 0.3) is 0 Å². The van der Waals surface area contributed by atoms with E-state index in [9.17, 15) is 9.59 Å². The summed E-state index contributed by atoms with van der Waals surface area (Å²) in [5, 5.41) is 3.00. The van der Waals surface area contributed by atoms with Crippen molar-refractivity contribution < 1.29 is 14.3 Å². The third-order valence-electron chi connectivity index (χ3n) is 5.02. The average Bonchev–Trinajstić information content (AvgIpc) is 2.98. The lowest BCUT2D eigenvalue weighted by atomic mass is 10.00. The molecule has 0 aliphatic carbocycles. The number of hydrogen-bond donors (Lipinski definition) is 1. The molecule has 25 heavy (non-hydrogen) atoms. The van der Waals surface area contributed by atoms with Crippen LogP contribution in [-0.2, 0) is 27.3 Å². The van der Waals surface area contributed by atoms with Crippen molar-refractivity contribution >= 4 is 11.8 Å². The lowest BCUT2D eigenvalue weighted by Gasteiger charge is -2.28. The van der Waals surface area contributed by atoms with Crippen molar-refractivity contribution in [1.29, 1.82) is 0 Å². The second kappa shape index (κ2) is 8.45. The molecule has 2 amide bonds. The highest BCUT2D eigenvalue weighted by molar-refractivity contribution is 5.80. The first-order chi connectivity index (χ1) is 12.2. The van der Waals surface area contributed by atoms with Gasteiger partial charge < -0.3 is 15.0 Å². The fourth-order valence-corrected chi connectivity index (χ4v) is 3.61. The number of fused-ring (bicyclic) bond motifs is 1. The number of nitrogens with one attached hydrogen (secondary N) is 1. The molecule has 6 heteroatoms. The summed E-state index contributed by atoms with van der Waals surface area (Å²) in [5.41, 5.74) is 2.71. The zero-order chi connectivity index (χ0) is 17.6. The van der Waals surface area contributed by atoms with E-state index in [2.05, 4.69) is 34.5 Å². The second-order valence-electron chi connectivity index (χ2n) is 6.94. The van der Waals surface area contributed by atoms with Gasteiger partial charge in [-0.15, -0.1) is 0 Å². The first-order valence-electron chi connectivity index (χ1n) is 8.98. The van der Waals surface area contributed by atoms with Gasteiger partial charge in [-0.25, -0.2) is 0 Å². The van der Waals surface area contributed by atoms with Crippen LogP contribution in [0.1, 0.15) is 17.5 Å².